The van der Waals surface area contributed by atoms with Crippen molar-refractivity contribution in [2.24, 2.45) is 4.99 Å². The molecule has 0 atom stereocenters. The van der Waals surface area contributed by atoms with Gasteiger partial charge in [-0.25, -0.2) is 4.99 Å². The Labute approximate surface area is 197 Å². The fraction of sp³-hybridized carbons (Fsp3) is 0.154. The van der Waals surface area contributed by atoms with E-state index in [4.69, 9.17) is 16.3 Å². The number of thioether (sulfide) groups is 1. The van der Waals surface area contributed by atoms with E-state index in [1.54, 1.807) is 11.9 Å². The number of carbonyl (C=O) groups is 1. The van der Waals surface area contributed by atoms with Gasteiger partial charge < -0.3 is 4.74 Å². The molecule has 0 spiro atoms. The van der Waals surface area contributed by atoms with Crippen molar-refractivity contribution in [3.8, 4) is 5.75 Å². The molecule has 0 bridgehead atoms. The predicted molar refractivity (Wildman–Crippen MR) is 133 cm³/mol. The number of rotatable bonds is 6. The molecule has 0 saturated carbocycles. The number of nitrogens with zero attached hydrogens (tertiary/aromatic N) is 2. The first-order chi connectivity index (χ1) is 15.5. The fourth-order valence-corrected chi connectivity index (χ4v) is 4.33. The fourth-order valence-electron chi connectivity index (χ4n) is 3.16. The maximum atomic E-state index is 12.7. The van der Waals surface area contributed by atoms with Gasteiger partial charge in [0.05, 0.1) is 10.6 Å². The van der Waals surface area contributed by atoms with Gasteiger partial charge in [-0.3, -0.25) is 9.69 Å². The van der Waals surface area contributed by atoms with Crippen LogP contribution in [0.2, 0.25) is 5.02 Å². The number of carbonyl (C=O) groups excluding carboxylic acids is 1. The molecule has 1 saturated heterocycles. The highest BCUT2D eigenvalue weighted by Crippen LogP contribution is 2.33. The van der Waals surface area contributed by atoms with Crippen LogP contribution in [0, 0.1) is 0 Å². The van der Waals surface area contributed by atoms with Gasteiger partial charge in [0, 0.05) is 17.6 Å². The van der Waals surface area contributed by atoms with Gasteiger partial charge in [-0.1, -0.05) is 61.0 Å². The lowest BCUT2D eigenvalue weighted by atomic mass is 10.2. The Balaban J connectivity index is 1.44. The number of hydrogen-bond acceptors (Lipinski definition) is 4. The molecule has 4 nitrogen and oxygen atoms in total. The number of amidine groups is 1. The van der Waals surface area contributed by atoms with Gasteiger partial charge in [0.15, 0.2) is 5.17 Å². The maximum absolute atomic E-state index is 12.7. The standard InChI is InChI=1S/C26H23ClN2O2S/c1-3-18-8-12-21(13-9-18)28-26-29(2)25(30)24(32-26)16-19-10-14-22(15-11-19)31-17-20-6-4-5-7-23(20)27/h4-16H,3,17H2,1-2H3. The molecule has 3 aromatic carbocycles. The lowest BCUT2D eigenvalue weighted by Gasteiger charge is -2.08. The molecule has 0 unspecified atom stereocenters. The first kappa shape index (κ1) is 22.2. The molecule has 1 aliphatic rings. The summed E-state index contributed by atoms with van der Waals surface area (Å²) in [5.74, 6) is 0.686. The Hall–Kier alpha value is -3.02. The molecule has 162 valence electrons. The number of hydrogen-bond donors (Lipinski definition) is 0. The van der Waals surface area contributed by atoms with Crippen LogP contribution in [0.15, 0.2) is 82.7 Å². The molecule has 0 aromatic heterocycles. The Morgan fingerprint density at radius 2 is 1.75 bits per heavy atom. The van der Waals surface area contributed by atoms with E-state index in [-0.39, 0.29) is 5.91 Å². The van der Waals surface area contributed by atoms with Crippen LogP contribution >= 0.6 is 23.4 Å². The highest BCUT2D eigenvalue weighted by Gasteiger charge is 2.30. The molecule has 32 heavy (non-hydrogen) atoms. The number of halogens is 1. The minimum Gasteiger partial charge on any atom is -0.489 e. The molecule has 0 aliphatic carbocycles. The molecule has 0 N–H and O–H groups in total. The second kappa shape index (κ2) is 10.1. The zero-order valence-electron chi connectivity index (χ0n) is 17.9. The van der Waals surface area contributed by atoms with Gasteiger partial charge in [0.25, 0.3) is 5.91 Å². The van der Waals surface area contributed by atoms with Gasteiger partial charge in [-0.05, 0) is 65.7 Å². The van der Waals surface area contributed by atoms with Crippen LogP contribution in [-0.2, 0) is 17.8 Å². The lowest BCUT2D eigenvalue weighted by molar-refractivity contribution is -0.121. The molecule has 1 amide bonds. The average molecular weight is 463 g/mol. The first-order valence-corrected chi connectivity index (χ1v) is 11.5. The minimum atomic E-state index is -0.0574. The highest BCUT2D eigenvalue weighted by molar-refractivity contribution is 8.18. The van der Waals surface area contributed by atoms with Crippen molar-refractivity contribution in [1.82, 2.24) is 4.90 Å². The van der Waals surface area contributed by atoms with Crippen LogP contribution < -0.4 is 4.74 Å². The summed E-state index contributed by atoms with van der Waals surface area (Å²) < 4.78 is 5.83. The molecule has 6 heteroatoms. The molecule has 4 rings (SSSR count). The summed E-state index contributed by atoms with van der Waals surface area (Å²) in [4.78, 5) is 19.6. The van der Waals surface area contributed by atoms with Crippen molar-refractivity contribution < 1.29 is 9.53 Å². The Morgan fingerprint density at radius 1 is 1.03 bits per heavy atom. The summed E-state index contributed by atoms with van der Waals surface area (Å²) in [6.07, 6.45) is 2.87. The predicted octanol–water partition coefficient (Wildman–Crippen LogP) is 6.72. The lowest BCUT2D eigenvalue weighted by Crippen LogP contribution is -2.23. The second-order valence-electron chi connectivity index (χ2n) is 7.34. The van der Waals surface area contributed by atoms with Gasteiger partial charge in [-0.2, -0.15) is 0 Å². The van der Waals surface area contributed by atoms with E-state index in [0.717, 1.165) is 29.0 Å². The largest absolute Gasteiger partial charge is 0.489 e. The van der Waals surface area contributed by atoms with E-state index >= 15 is 0 Å². The quantitative estimate of drug-likeness (QED) is 0.382. The number of amides is 1. The molecule has 1 aliphatic heterocycles. The molecule has 1 fully saturated rings. The molecular formula is C26H23ClN2O2S. The van der Waals surface area contributed by atoms with E-state index in [0.29, 0.717) is 21.7 Å². The molecule has 1 heterocycles. The highest BCUT2D eigenvalue weighted by atomic mass is 35.5. The van der Waals surface area contributed by atoms with Crippen LogP contribution in [0.4, 0.5) is 5.69 Å². The third-order valence-corrected chi connectivity index (χ3v) is 6.53. The Bertz CT molecular complexity index is 1170. The third kappa shape index (κ3) is 5.23. The molecule has 0 radical (unpaired) electrons. The second-order valence-corrected chi connectivity index (χ2v) is 8.75. The van der Waals surface area contributed by atoms with Crippen LogP contribution in [0.5, 0.6) is 5.75 Å². The van der Waals surface area contributed by atoms with E-state index in [2.05, 4.69) is 24.0 Å². The number of aliphatic imine (C=N–C) groups is 1. The summed E-state index contributed by atoms with van der Waals surface area (Å²) in [5, 5.41) is 1.36. The molecule has 3 aromatic rings. The number of benzene rings is 3. The summed E-state index contributed by atoms with van der Waals surface area (Å²) in [5.41, 5.74) is 3.96. The van der Waals surface area contributed by atoms with Gasteiger partial charge >= 0.3 is 0 Å². The number of likely N-dealkylation sites (N-methyl/N-ethyl adjacent to an activating group) is 1. The van der Waals surface area contributed by atoms with E-state index in [9.17, 15) is 4.79 Å². The monoisotopic (exact) mass is 462 g/mol. The van der Waals surface area contributed by atoms with Gasteiger partial charge in [-0.15, -0.1) is 0 Å². The first-order valence-electron chi connectivity index (χ1n) is 10.3. The number of ether oxygens (including phenoxy) is 1. The van der Waals surface area contributed by atoms with Crippen molar-refractivity contribution in [1.29, 1.82) is 0 Å². The number of aryl methyl sites for hydroxylation is 1. The summed E-state index contributed by atoms with van der Waals surface area (Å²) in [6.45, 7) is 2.52. The topological polar surface area (TPSA) is 41.9 Å². The van der Waals surface area contributed by atoms with Gasteiger partial charge in [0.1, 0.15) is 12.4 Å². The van der Waals surface area contributed by atoms with Crippen molar-refractivity contribution in [3.05, 3.63) is 99.4 Å². The Morgan fingerprint density at radius 3 is 2.44 bits per heavy atom. The zero-order chi connectivity index (χ0) is 22.5. The maximum Gasteiger partial charge on any atom is 0.266 e. The van der Waals surface area contributed by atoms with Crippen LogP contribution in [0.1, 0.15) is 23.6 Å². The smallest absolute Gasteiger partial charge is 0.266 e. The van der Waals surface area contributed by atoms with Crippen LogP contribution in [-0.4, -0.2) is 23.0 Å². The molecular weight excluding hydrogens is 440 g/mol. The van der Waals surface area contributed by atoms with Crippen molar-refractivity contribution in [3.63, 3.8) is 0 Å². The van der Waals surface area contributed by atoms with Crippen molar-refractivity contribution in [2.45, 2.75) is 20.0 Å². The van der Waals surface area contributed by atoms with Crippen molar-refractivity contribution in [2.75, 3.05) is 7.05 Å². The SMILES string of the molecule is CCc1ccc(N=C2SC(=Cc3ccc(OCc4ccccc4Cl)cc3)C(=O)N2C)cc1. The summed E-state index contributed by atoms with van der Waals surface area (Å²) >= 11 is 7.56. The van der Waals surface area contributed by atoms with E-state index in [1.807, 2.05) is 66.7 Å². The normalized spacial score (nSPS) is 16.2. The Kier molecular flexibility index (Phi) is 6.98. The minimum absolute atomic E-state index is 0.0574. The van der Waals surface area contributed by atoms with Gasteiger partial charge in [0.2, 0.25) is 0 Å². The van der Waals surface area contributed by atoms with Crippen LogP contribution in [0.3, 0.4) is 0 Å². The summed E-state index contributed by atoms with van der Waals surface area (Å²) in [6, 6.07) is 23.3. The van der Waals surface area contributed by atoms with Crippen LogP contribution in [0.25, 0.3) is 6.08 Å². The zero-order valence-corrected chi connectivity index (χ0v) is 19.5. The van der Waals surface area contributed by atoms with Crippen molar-refractivity contribution >= 4 is 46.2 Å². The third-order valence-electron chi connectivity index (χ3n) is 5.10. The van der Waals surface area contributed by atoms with E-state index < -0.39 is 0 Å². The summed E-state index contributed by atoms with van der Waals surface area (Å²) in [7, 11) is 1.75. The van der Waals surface area contributed by atoms with E-state index in [1.165, 1.54) is 17.3 Å². The average Bonchev–Trinajstić information content (AvgIpc) is 3.07.